The number of non-ortho nitro benzene ring substituents is 1. The first kappa shape index (κ1) is 15.2. The van der Waals surface area contributed by atoms with Crippen LogP contribution in [0, 0.1) is 20.2 Å². The van der Waals surface area contributed by atoms with Gasteiger partial charge in [0.05, 0.1) is 22.5 Å². The molecule has 1 aromatic rings. The lowest BCUT2D eigenvalue weighted by Gasteiger charge is -2.06. The normalized spacial score (nSPS) is 10.2. The Morgan fingerprint density at radius 2 is 1.95 bits per heavy atom. The number of hydrogen-bond acceptors (Lipinski definition) is 7. The number of hydrogen-bond donors (Lipinski definition) is 2. The van der Waals surface area contributed by atoms with Crippen LogP contribution in [0.1, 0.15) is 0 Å². The summed E-state index contributed by atoms with van der Waals surface area (Å²) in [6, 6.07) is 3.48. The molecule has 0 saturated heterocycles. The molecule has 0 spiro atoms. The fourth-order valence-electron chi connectivity index (χ4n) is 1.36. The maximum absolute atomic E-state index is 10.8. The Labute approximate surface area is 113 Å². The molecular formula is C10H13N3O5S. The fourth-order valence-corrected chi connectivity index (χ4v) is 1.94. The molecule has 0 aromatic heterocycles. The minimum absolute atomic E-state index is 0.0857. The van der Waals surface area contributed by atoms with Gasteiger partial charge in [-0.2, -0.15) is 11.8 Å². The number of thioether (sulfide) groups is 1. The molecule has 1 aromatic carbocycles. The van der Waals surface area contributed by atoms with Crippen molar-refractivity contribution in [2.45, 2.75) is 0 Å². The van der Waals surface area contributed by atoms with E-state index in [2.05, 4.69) is 5.32 Å². The smallest absolute Gasteiger partial charge is 0.299 e. The van der Waals surface area contributed by atoms with E-state index in [1.807, 2.05) is 0 Å². The molecule has 0 heterocycles. The van der Waals surface area contributed by atoms with Crippen LogP contribution in [0.4, 0.5) is 17.1 Å². The highest BCUT2D eigenvalue weighted by Gasteiger charge is 2.18. The zero-order valence-corrected chi connectivity index (χ0v) is 10.8. The average Bonchev–Trinajstić information content (AvgIpc) is 2.38. The summed E-state index contributed by atoms with van der Waals surface area (Å²) in [4.78, 5) is 20.1. The lowest BCUT2D eigenvalue weighted by molar-refractivity contribution is -0.393. The molecule has 0 fully saturated rings. The Hall–Kier alpha value is -1.87. The highest BCUT2D eigenvalue weighted by atomic mass is 32.2. The highest BCUT2D eigenvalue weighted by molar-refractivity contribution is 7.99. The molecule has 0 radical (unpaired) electrons. The second-order valence-electron chi connectivity index (χ2n) is 3.48. The van der Waals surface area contributed by atoms with Crippen LogP contribution in [-0.2, 0) is 0 Å². The first-order valence-electron chi connectivity index (χ1n) is 5.41. The van der Waals surface area contributed by atoms with E-state index in [-0.39, 0.29) is 23.7 Å². The van der Waals surface area contributed by atoms with Crippen LogP contribution in [0.2, 0.25) is 0 Å². The van der Waals surface area contributed by atoms with Gasteiger partial charge in [-0.3, -0.25) is 20.2 Å². The number of aliphatic hydroxyl groups is 1. The molecule has 0 aliphatic carbocycles. The number of aliphatic hydroxyl groups excluding tert-OH is 1. The van der Waals surface area contributed by atoms with Gasteiger partial charge < -0.3 is 10.4 Å². The molecule has 0 amide bonds. The summed E-state index contributed by atoms with van der Waals surface area (Å²) < 4.78 is 0. The standard InChI is InChI=1S/C10H13N3O5S/c14-4-6-19-5-3-11-9-2-1-8(12(15)16)7-10(9)13(17)18/h1-2,7,11,14H,3-6H2. The van der Waals surface area contributed by atoms with Gasteiger partial charge in [0.1, 0.15) is 5.69 Å². The van der Waals surface area contributed by atoms with Crippen molar-refractivity contribution in [1.29, 1.82) is 0 Å². The summed E-state index contributed by atoms with van der Waals surface area (Å²) >= 11 is 1.50. The first-order valence-corrected chi connectivity index (χ1v) is 6.57. The van der Waals surface area contributed by atoms with Crippen LogP contribution in [-0.4, -0.2) is 39.6 Å². The Bertz CT molecular complexity index is 468. The third kappa shape index (κ3) is 4.72. The minimum atomic E-state index is -0.673. The molecule has 0 saturated carbocycles. The Morgan fingerprint density at radius 1 is 1.21 bits per heavy atom. The molecule has 0 atom stereocenters. The molecule has 9 heteroatoms. The Morgan fingerprint density at radius 3 is 2.53 bits per heavy atom. The van der Waals surface area contributed by atoms with Crippen molar-refractivity contribution in [2.24, 2.45) is 0 Å². The number of nitro benzene ring substituents is 2. The van der Waals surface area contributed by atoms with Crippen LogP contribution >= 0.6 is 11.8 Å². The molecular weight excluding hydrogens is 274 g/mol. The quantitative estimate of drug-likeness (QED) is 0.423. The van der Waals surface area contributed by atoms with Crippen molar-refractivity contribution in [2.75, 3.05) is 30.0 Å². The number of nitrogens with one attached hydrogen (secondary N) is 1. The van der Waals surface area contributed by atoms with Gasteiger partial charge in [-0.05, 0) is 6.07 Å². The van der Waals surface area contributed by atoms with E-state index < -0.39 is 9.85 Å². The third-order valence-corrected chi connectivity index (χ3v) is 3.15. The van der Waals surface area contributed by atoms with Gasteiger partial charge in [-0.15, -0.1) is 0 Å². The zero-order valence-electron chi connectivity index (χ0n) is 9.94. The molecule has 8 nitrogen and oxygen atoms in total. The van der Waals surface area contributed by atoms with Gasteiger partial charge in [-0.25, -0.2) is 0 Å². The second-order valence-corrected chi connectivity index (χ2v) is 4.70. The van der Waals surface area contributed by atoms with Crippen molar-refractivity contribution in [1.82, 2.24) is 0 Å². The van der Waals surface area contributed by atoms with E-state index in [0.717, 1.165) is 6.07 Å². The van der Waals surface area contributed by atoms with Crippen molar-refractivity contribution >= 4 is 28.8 Å². The first-order chi connectivity index (χ1) is 9.06. The monoisotopic (exact) mass is 287 g/mol. The molecule has 104 valence electrons. The molecule has 0 aliphatic heterocycles. The highest BCUT2D eigenvalue weighted by Crippen LogP contribution is 2.28. The van der Waals surface area contributed by atoms with Crippen LogP contribution in [0.3, 0.4) is 0 Å². The van der Waals surface area contributed by atoms with Crippen LogP contribution < -0.4 is 5.32 Å². The van der Waals surface area contributed by atoms with Gasteiger partial charge in [-0.1, -0.05) is 0 Å². The molecule has 0 aliphatic rings. The number of rotatable bonds is 8. The number of benzene rings is 1. The summed E-state index contributed by atoms with van der Waals surface area (Å²) in [6.07, 6.45) is 0. The summed E-state index contributed by atoms with van der Waals surface area (Å²) in [5.41, 5.74) is -0.381. The van der Waals surface area contributed by atoms with Crippen molar-refractivity contribution in [3.63, 3.8) is 0 Å². The second kappa shape index (κ2) is 7.54. The summed E-state index contributed by atoms with van der Waals surface area (Å²) in [6.45, 7) is 0.561. The molecule has 2 N–H and O–H groups in total. The predicted octanol–water partition coefficient (Wildman–Crippen LogP) is 1.64. The van der Waals surface area contributed by atoms with E-state index >= 15 is 0 Å². The summed E-state index contributed by atoms with van der Waals surface area (Å²) in [7, 11) is 0. The van der Waals surface area contributed by atoms with Crippen molar-refractivity contribution in [3.05, 3.63) is 38.4 Å². The largest absolute Gasteiger partial charge is 0.396 e. The Kier molecular flexibility index (Phi) is 6.03. The molecule has 0 unspecified atom stereocenters. The third-order valence-electron chi connectivity index (χ3n) is 2.19. The number of nitro groups is 2. The zero-order chi connectivity index (χ0) is 14.3. The lowest BCUT2D eigenvalue weighted by atomic mass is 10.2. The van der Waals surface area contributed by atoms with Gasteiger partial charge >= 0.3 is 0 Å². The average molecular weight is 287 g/mol. The van der Waals surface area contributed by atoms with Gasteiger partial charge in [0.15, 0.2) is 0 Å². The van der Waals surface area contributed by atoms with Gasteiger partial charge in [0.2, 0.25) is 0 Å². The lowest BCUT2D eigenvalue weighted by Crippen LogP contribution is -2.07. The number of anilines is 1. The van der Waals surface area contributed by atoms with Gasteiger partial charge in [0, 0.05) is 24.1 Å². The minimum Gasteiger partial charge on any atom is -0.396 e. The van der Waals surface area contributed by atoms with E-state index in [1.54, 1.807) is 0 Å². The molecule has 0 bridgehead atoms. The SMILES string of the molecule is O=[N+]([O-])c1ccc(NCCSCCO)c([N+](=O)[O-])c1. The van der Waals surface area contributed by atoms with E-state index in [4.69, 9.17) is 5.11 Å². The summed E-state index contributed by atoms with van der Waals surface area (Å²) in [5, 5.41) is 32.8. The van der Waals surface area contributed by atoms with Crippen molar-refractivity contribution in [3.8, 4) is 0 Å². The fraction of sp³-hybridized carbons (Fsp3) is 0.400. The number of nitrogens with zero attached hydrogens (tertiary/aromatic N) is 2. The topological polar surface area (TPSA) is 119 Å². The maximum atomic E-state index is 10.8. The predicted molar refractivity (Wildman–Crippen MR) is 72.7 cm³/mol. The molecule has 19 heavy (non-hydrogen) atoms. The van der Waals surface area contributed by atoms with E-state index in [0.29, 0.717) is 18.1 Å². The van der Waals surface area contributed by atoms with E-state index in [9.17, 15) is 20.2 Å². The van der Waals surface area contributed by atoms with Crippen LogP contribution in [0.15, 0.2) is 18.2 Å². The van der Waals surface area contributed by atoms with Crippen LogP contribution in [0.25, 0.3) is 0 Å². The van der Waals surface area contributed by atoms with Gasteiger partial charge in [0.25, 0.3) is 11.4 Å². The summed E-state index contributed by atoms with van der Waals surface area (Å²) in [5.74, 6) is 1.28. The molecule has 1 rings (SSSR count). The Balaban J connectivity index is 2.71. The maximum Gasteiger partial charge on any atom is 0.299 e. The van der Waals surface area contributed by atoms with Crippen molar-refractivity contribution < 1.29 is 15.0 Å². The van der Waals surface area contributed by atoms with Crippen LogP contribution in [0.5, 0.6) is 0 Å². The van der Waals surface area contributed by atoms with E-state index in [1.165, 1.54) is 23.9 Å².